The standard InChI is InChI=1S/C14H27N3O3S/c1-4-16(8-13-11-20-10-12(13)2)7-5-6-15-14(21-3)9-17(18)19/h9,12-13,15H,4-8,10-11H2,1-3H3. The minimum atomic E-state index is -0.418. The van der Waals surface area contributed by atoms with Crippen LogP contribution in [0.25, 0.3) is 0 Å². The molecule has 1 aliphatic heterocycles. The molecule has 1 N–H and O–H groups in total. The van der Waals surface area contributed by atoms with Gasteiger partial charge in [0.25, 0.3) is 6.20 Å². The molecule has 2 atom stereocenters. The molecule has 0 amide bonds. The first kappa shape index (κ1) is 18.3. The summed E-state index contributed by atoms with van der Waals surface area (Å²) in [6.07, 6.45) is 3.84. The van der Waals surface area contributed by atoms with Crippen LogP contribution in [0.5, 0.6) is 0 Å². The molecular weight excluding hydrogens is 290 g/mol. The summed E-state index contributed by atoms with van der Waals surface area (Å²) in [7, 11) is 0. The first-order valence-electron chi connectivity index (χ1n) is 7.50. The fourth-order valence-corrected chi connectivity index (χ4v) is 2.87. The van der Waals surface area contributed by atoms with Crippen LogP contribution in [0.15, 0.2) is 11.2 Å². The van der Waals surface area contributed by atoms with E-state index in [1.807, 2.05) is 6.26 Å². The molecule has 0 radical (unpaired) electrons. The molecule has 21 heavy (non-hydrogen) atoms. The van der Waals surface area contributed by atoms with Crippen molar-refractivity contribution in [3.8, 4) is 0 Å². The summed E-state index contributed by atoms with van der Waals surface area (Å²) < 4.78 is 5.51. The van der Waals surface area contributed by atoms with E-state index in [1.54, 1.807) is 0 Å². The summed E-state index contributed by atoms with van der Waals surface area (Å²) in [6, 6.07) is 0. The fourth-order valence-electron chi connectivity index (χ4n) is 2.43. The van der Waals surface area contributed by atoms with Crippen molar-refractivity contribution < 1.29 is 9.66 Å². The van der Waals surface area contributed by atoms with Crippen molar-refractivity contribution in [2.75, 3.05) is 45.6 Å². The molecule has 7 heteroatoms. The van der Waals surface area contributed by atoms with E-state index in [2.05, 4.69) is 24.1 Å². The van der Waals surface area contributed by atoms with E-state index in [9.17, 15) is 10.1 Å². The highest BCUT2D eigenvalue weighted by atomic mass is 32.2. The maximum atomic E-state index is 10.4. The van der Waals surface area contributed by atoms with Gasteiger partial charge >= 0.3 is 0 Å². The molecular formula is C14H27N3O3S. The van der Waals surface area contributed by atoms with Crippen LogP contribution in [-0.4, -0.2) is 55.5 Å². The van der Waals surface area contributed by atoms with Crippen LogP contribution < -0.4 is 5.32 Å². The van der Waals surface area contributed by atoms with Gasteiger partial charge in [0.15, 0.2) is 0 Å². The molecule has 0 spiro atoms. The van der Waals surface area contributed by atoms with Crippen LogP contribution in [0, 0.1) is 22.0 Å². The van der Waals surface area contributed by atoms with Crippen LogP contribution >= 0.6 is 11.8 Å². The highest BCUT2D eigenvalue weighted by molar-refractivity contribution is 8.02. The SMILES string of the molecule is CCN(CCCNC(=C[N+](=O)[O-])SC)CC1COCC1C. The van der Waals surface area contributed by atoms with E-state index in [1.165, 1.54) is 11.8 Å². The van der Waals surface area contributed by atoms with Crippen LogP contribution in [-0.2, 0) is 4.74 Å². The molecule has 0 bridgehead atoms. The normalized spacial score (nSPS) is 22.8. The van der Waals surface area contributed by atoms with Gasteiger partial charge < -0.3 is 15.0 Å². The topological polar surface area (TPSA) is 67.6 Å². The first-order valence-corrected chi connectivity index (χ1v) is 8.72. The summed E-state index contributed by atoms with van der Waals surface area (Å²) in [5, 5.41) is 14.2. The Kier molecular flexibility index (Phi) is 8.72. The lowest BCUT2D eigenvalue weighted by molar-refractivity contribution is -0.403. The van der Waals surface area contributed by atoms with Crippen LogP contribution in [0.1, 0.15) is 20.3 Å². The third kappa shape index (κ3) is 7.15. The number of ether oxygens (including phenoxy) is 1. The largest absolute Gasteiger partial charge is 0.381 e. The van der Waals surface area contributed by atoms with Gasteiger partial charge in [-0.25, -0.2) is 0 Å². The van der Waals surface area contributed by atoms with Crippen LogP contribution in [0.4, 0.5) is 0 Å². The molecule has 0 saturated carbocycles. The molecule has 122 valence electrons. The average molecular weight is 317 g/mol. The van der Waals surface area contributed by atoms with Gasteiger partial charge in [0.05, 0.1) is 11.5 Å². The molecule has 1 rings (SSSR count). The highest BCUT2D eigenvalue weighted by Crippen LogP contribution is 2.21. The monoisotopic (exact) mass is 317 g/mol. The predicted octanol–water partition coefficient (Wildman–Crippen LogP) is 2.01. The Morgan fingerprint density at radius 1 is 1.57 bits per heavy atom. The molecule has 2 unspecified atom stereocenters. The molecule has 0 aliphatic carbocycles. The van der Waals surface area contributed by atoms with Gasteiger partial charge in [0.1, 0.15) is 5.03 Å². The van der Waals surface area contributed by atoms with E-state index in [0.717, 1.165) is 52.0 Å². The van der Waals surface area contributed by atoms with Crippen molar-refractivity contribution in [1.82, 2.24) is 10.2 Å². The average Bonchev–Trinajstić information content (AvgIpc) is 2.85. The zero-order valence-corrected chi connectivity index (χ0v) is 14.0. The van der Waals surface area contributed by atoms with E-state index >= 15 is 0 Å². The Hall–Kier alpha value is -0.790. The summed E-state index contributed by atoms with van der Waals surface area (Å²) in [4.78, 5) is 12.5. The Labute approximate surface area is 131 Å². The lowest BCUT2D eigenvalue weighted by atomic mass is 9.97. The van der Waals surface area contributed by atoms with Crippen molar-refractivity contribution in [2.45, 2.75) is 20.3 Å². The predicted molar refractivity (Wildman–Crippen MR) is 86.8 cm³/mol. The number of hydrogen-bond acceptors (Lipinski definition) is 6. The van der Waals surface area contributed by atoms with E-state index in [-0.39, 0.29) is 0 Å². The van der Waals surface area contributed by atoms with Gasteiger partial charge in [-0.2, -0.15) is 0 Å². The van der Waals surface area contributed by atoms with E-state index in [0.29, 0.717) is 16.9 Å². The first-order chi connectivity index (χ1) is 10.1. The Bertz CT molecular complexity index is 352. The lowest BCUT2D eigenvalue weighted by Crippen LogP contribution is -2.34. The quantitative estimate of drug-likeness (QED) is 0.378. The Morgan fingerprint density at radius 3 is 2.86 bits per heavy atom. The maximum Gasteiger partial charge on any atom is 0.263 e. The van der Waals surface area contributed by atoms with Gasteiger partial charge in [-0.15, -0.1) is 11.8 Å². The maximum absolute atomic E-state index is 10.4. The van der Waals surface area contributed by atoms with Crippen molar-refractivity contribution in [3.63, 3.8) is 0 Å². The molecule has 1 saturated heterocycles. The fraction of sp³-hybridized carbons (Fsp3) is 0.857. The second kappa shape index (κ2) is 10.0. The van der Waals surface area contributed by atoms with E-state index in [4.69, 9.17) is 4.74 Å². The third-order valence-electron chi connectivity index (χ3n) is 3.85. The summed E-state index contributed by atoms with van der Waals surface area (Å²) >= 11 is 1.37. The number of thioether (sulfide) groups is 1. The van der Waals surface area contributed by atoms with Gasteiger partial charge in [-0.05, 0) is 37.6 Å². The number of nitro groups is 1. The lowest BCUT2D eigenvalue weighted by Gasteiger charge is -2.25. The summed E-state index contributed by atoms with van der Waals surface area (Å²) in [6.45, 7) is 10.1. The molecule has 0 aromatic rings. The molecule has 1 fully saturated rings. The van der Waals surface area contributed by atoms with Gasteiger partial charge in [0, 0.05) is 19.7 Å². The third-order valence-corrected chi connectivity index (χ3v) is 4.54. The minimum Gasteiger partial charge on any atom is -0.381 e. The van der Waals surface area contributed by atoms with Crippen LogP contribution in [0.2, 0.25) is 0 Å². The Morgan fingerprint density at radius 2 is 2.33 bits per heavy atom. The zero-order chi connectivity index (χ0) is 15.7. The smallest absolute Gasteiger partial charge is 0.263 e. The molecule has 1 aliphatic rings. The molecule has 6 nitrogen and oxygen atoms in total. The number of hydrogen-bond donors (Lipinski definition) is 1. The zero-order valence-electron chi connectivity index (χ0n) is 13.2. The Balaban J connectivity index is 2.24. The number of nitrogens with zero attached hydrogens (tertiary/aromatic N) is 2. The summed E-state index contributed by atoms with van der Waals surface area (Å²) in [5.41, 5.74) is 0. The molecule has 0 aromatic carbocycles. The van der Waals surface area contributed by atoms with E-state index < -0.39 is 4.92 Å². The number of nitrogens with one attached hydrogen (secondary N) is 1. The van der Waals surface area contributed by atoms with Crippen molar-refractivity contribution in [1.29, 1.82) is 0 Å². The van der Waals surface area contributed by atoms with Gasteiger partial charge in [0.2, 0.25) is 0 Å². The molecule has 1 heterocycles. The minimum absolute atomic E-state index is 0.418. The van der Waals surface area contributed by atoms with Crippen molar-refractivity contribution >= 4 is 11.8 Å². The second-order valence-corrected chi connectivity index (χ2v) is 6.28. The highest BCUT2D eigenvalue weighted by Gasteiger charge is 2.25. The molecule has 0 aromatic heterocycles. The second-order valence-electron chi connectivity index (χ2n) is 5.43. The van der Waals surface area contributed by atoms with Gasteiger partial charge in [-0.3, -0.25) is 10.1 Å². The van der Waals surface area contributed by atoms with Crippen molar-refractivity contribution in [2.24, 2.45) is 11.8 Å². The number of rotatable bonds is 10. The van der Waals surface area contributed by atoms with Crippen LogP contribution in [0.3, 0.4) is 0 Å². The summed E-state index contributed by atoms with van der Waals surface area (Å²) in [5.74, 6) is 1.28. The van der Waals surface area contributed by atoms with Gasteiger partial charge in [-0.1, -0.05) is 13.8 Å². The van der Waals surface area contributed by atoms with Crippen molar-refractivity contribution in [3.05, 3.63) is 21.3 Å².